The Morgan fingerprint density at radius 1 is 1.32 bits per heavy atom. The molecule has 0 bridgehead atoms. The molecule has 0 saturated heterocycles. The molecule has 1 heterocycles. The van der Waals surface area contributed by atoms with Gasteiger partial charge in [-0.3, -0.25) is 4.98 Å². The van der Waals surface area contributed by atoms with Gasteiger partial charge < -0.3 is 0 Å². The first-order valence-corrected chi connectivity index (χ1v) is 8.59. The third-order valence-electron chi connectivity index (χ3n) is 3.75. The normalized spacial score (nSPS) is 15.2. The van der Waals surface area contributed by atoms with Gasteiger partial charge in [-0.05, 0) is 49.1 Å². The summed E-state index contributed by atoms with van der Waals surface area (Å²) in [5, 5.41) is 0. The van der Waals surface area contributed by atoms with E-state index < -0.39 is 15.8 Å². The molecule has 0 atom stereocenters. The molecule has 1 aliphatic carbocycles. The smallest absolute Gasteiger partial charge is 0.243 e. The molecule has 116 valence electrons. The lowest BCUT2D eigenvalue weighted by atomic mass is 10.2. The average molecular weight is 320 g/mol. The summed E-state index contributed by atoms with van der Waals surface area (Å²) < 4.78 is 40.8. The second kappa shape index (κ2) is 5.78. The summed E-state index contributed by atoms with van der Waals surface area (Å²) in [5.41, 5.74) is 1.38. The molecule has 0 amide bonds. The molecule has 3 rings (SSSR count). The van der Waals surface area contributed by atoms with Crippen LogP contribution < -0.4 is 0 Å². The first kappa shape index (κ1) is 15.1. The summed E-state index contributed by atoms with van der Waals surface area (Å²) >= 11 is 0. The molecule has 0 radical (unpaired) electrons. The number of halogens is 1. The largest absolute Gasteiger partial charge is 0.264 e. The van der Waals surface area contributed by atoms with Crippen LogP contribution in [0.4, 0.5) is 4.39 Å². The molecule has 0 unspecified atom stereocenters. The zero-order valence-electron chi connectivity index (χ0n) is 12.2. The Bertz CT molecular complexity index is 774. The number of sulfonamides is 1. The Balaban J connectivity index is 1.98. The summed E-state index contributed by atoms with van der Waals surface area (Å²) in [4.78, 5) is 4.07. The maximum Gasteiger partial charge on any atom is 0.243 e. The molecule has 0 aliphatic heterocycles. The van der Waals surface area contributed by atoms with E-state index in [-0.39, 0.29) is 17.5 Å². The van der Waals surface area contributed by atoms with Gasteiger partial charge in [0.25, 0.3) is 0 Å². The van der Waals surface area contributed by atoms with E-state index in [2.05, 4.69) is 4.98 Å². The van der Waals surface area contributed by atoms with Crippen LogP contribution in [0.5, 0.6) is 0 Å². The van der Waals surface area contributed by atoms with E-state index >= 15 is 0 Å². The number of aryl methyl sites for hydroxylation is 1. The van der Waals surface area contributed by atoms with Gasteiger partial charge in [0.1, 0.15) is 5.82 Å². The average Bonchev–Trinajstić information content (AvgIpc) is 3.32. The van der Waals surface area contributed by atoms with Gasteiger partial charge in [0.05, 0.1) is 4.90 Å². The van der Waals surface area contributed by atoms with Crippen LogP contribution in [0.2, 0.25) is 0 Å². The standard InChI is InChI=1S/C16H17FN2O2S/c1-12-4-5-14(17)9-16(12)22(20,21)19(15-6-7-15)11-13-3-2-8-18-10-13/h2-5,8-10,15H,6-7,11H2,1H3. The lowest BCUT2D eigenvalue weighted by Gasteiger charge is -2.23. The van der Waals surface area contributed by atoms with Crippen LogP contribution in [0.3, 0.4) is 0 Å². The third kappa shape index (κ3) is 3.03. The van der Waals surface area contributed by atoms with E-state index in [1.54, 1.807) is 25.4 Å². The van der Waals surface area contributed by atoms with E-state index in [0.29, 0.717) is 5.56 Å². The minimum Gasteiger partial charge on any atom is -0.264 e. The number of rotatable bonds is 5. The molecule has 1 saturated carbocycles. The SMILES string of the molecule is Cc1ccc(F)cc1S(=O)(=O)N(Cc1cccnc1)C1CC1. The van der Waals surface area contributed by atoms with Crippen molar-refractivity contribution in [2.24, 2.45) is 0 Å². The van der Waals surface area contributed by atoms with Gasteiger partial charge in [-0.2, -0.15) is 4.31 Å². The molecule has 4 nitrogen and oxygen atoms in total. The summed E-state index contributed by atoms with van der Waals surface area (Å²) in [6.07, 6.45) is 4.99. The fourth-order valence-electron chi connectivity index (χ4n) is 2.42. The van der Waals surface area contributed by atoms with Gasteiger partial charge in [0.2, 0.25) is 10.0 Å². The van der Waals surface area contributed by atoms with E-state index in [9.17, 15) is 12.8 Å². The highest BCUT2D eigenvalue weighted by Crippen LogP contribution is 2.34. The molecule has 22 heavy (non-hydrogen) atoms. The van der Waals surface area contributed by atoms with Crippen molar-refractivity contribution < 1.29 is 12.8 Å². The van der Waals surface area contributed by atoms with Crippen LogP contribution >= 0.6 is 0 Å². The molecule has 2 aromatic rings. The third-order valence-corrected chi connectivity index (χ3v) is 5.79. The molecule has 1 aromatic heterocycles. The molecule has 0 spiro atoms. The number of aromatic nitrogens is 1. The predicted molar refractivity (Wildman–Crippen MR) is 81.1 cm³/mol. The fourth-order valence-corrected chi connectivity index (χ4v) is 4.33. The van der Waals surface area contributed by atoms with Crippen molar-refractivity contribution >= 4 is 10.0 Å². The predicted octanol–water partition coefficient (Wildman–Crippen LogP) is 2.88. The number of nitrogens with zero attached hydrogens (tertiary/aromatic N) is 2. The van der Waals surface area contributed by atoms with Gasteiger partial charge in [0.15, 0.2) is 0 Å². The summed E-state index contributed by atoms with van der Waals surface area (Å²) in [7, 11) is -3.72. The van der Waals surface area contributed by atoms with Crippen molar-refractivity contribution in [1.82, 2.24) is 9.29 Å². The first-order chi connectivity index (χ1) is 10.5. The summed E-state index contributed by atoms with van der Waals surface area (Å²) in [6, 6.07) is 7.49. The highest BCUT2D eigenvalue weighted by molar-refractivity contribution is 7.89. The Morgan fingerprint density at radius 3 is 2.73 bits per heavy atom. The number of hydrogen-bond donors (Lipinski definition) is 0. The van der Waals surface area contributed by atoms with Gasteiger partial charge in [-0.1, -0.05) is 12.1 Å². The molecule has 1 aromatic carbocycles. The Kier molecular flexibility index (Phi) is 3.97. The van der Waals surface area contributed by atoms with E-state index in [1.807, 2.05) is 6.07 Å². The Morgan fingerprint density at radius 2 is 2.09 bits per heavy atom. The lowest BCUT2D eigenvalue weighted by Crippen LogP contribution is -2.33. The fraction of sp³-hybridized carbons (Fsp3) is 0.312. The van der Waals surface area contributed by atoms with Crippen molar-refractivity contribution in [2.75, 3.05) is 0 Å². The number of hydrogen-bond acceptors (Lipinski definition) is 3. The zero-order chi connectivity index (χ0) is 15.7. The zero-order valence-corrected chi connectivity index (χ0v) is 13.1. The van der Waals surface area contributed by atoms with Crippen molar-refractivity contribution in [2.45, 2.75) is 37.2 Å². The van der Waals surface area contributed by atoms with Crippen LogP contribution in [0.1, 0.15) is 24.0 Å². The maximum atomic E-state index is 13.5. The van der Waals surface area contributed by atoms with Crippen molar-refractivity contribution in [1.29, 1.82) is 0 Å². The second-order valence-electron chi connectivity index (χ2n) is 5.55. The molecule has 6 heteroatoms. The topological polar surface area (TPSA) is 50.3 Å². The Labute approximate surface area is 129 Å². The highest BCUT2D eigenvalue weighted by atomic mass is 32.2. The van der Waals surface area contributed by atoms with Gasteiger partial charge in [-0.25, -0.2) is 12.8 Å². The van der Waals surface area contributed by atoms with Crippen molar-refractivity contribution in [3.05, 3.63) is 59.7 Å². The first-order valence-electron chi connectivity index (χ1n) is 7.15. The summed E-state index contributed by atoms with van der Waals surface area (Å²) in [6.45, 7) is 1.94. The van der Waals surface area contributed by atoms with Crippen LogP contribution in [0.25, 0.3) is 0 Å². The van der Waals surface area contributed by atoms with E-state index in [4.69, 9.17) is 0 Å². The van der Waals surface area contributed by atoms with Crippen molar-refractivity contribution in [3.63, 3.8) is 0 Å². The maximum absolute atomic E-state index is 13.5. The molecule has 0 N–H and O–H groups in total. The van der Waals surface area contributed by atoms with Crippen LogP contribution in [0, 0.1) is 12.7 Å². The molecule has 1 fully saturated rings. The lowest BCUT2D eigenvalue weighted by molar-refractivity contribution is 0.397. The van der Waals surface area contributed by atoms with Crippen LogP contribution in [-0.2, 0) is 16.6 Å². The molecule has 1 aliphatic rings. The summed E-state index contributed by atoms with van der Waals surface area (Å²) in [5.74, 6) is -0.540. The monoisotopic (exact) mass is 320 g/mol. The highest BCUT2D eigenvalue weighted by Gasteiger charge is 2.38. The van der Waals surface area contributed by atoms with Gasteiger partial charge >= 0.3 is 0 Å². The van der Waals surface area contributed by atoms with Crippen molar-refractivity contribution in [3.8, 4) is 0 Å². The van der Waals surface area contributed by atoms with E-state index in [0.717, 1.165) is 24.5 Å². The minimum absolute atomic E-state index is 0.00660. The quantitative estimate of drug-likeness (QED) is 0.851. The van der Waals surface area contributed by atoms with Gasteiger partial charge in [-0.15, -0.1) is 0 Å². The minimum atomic E-state index is -3.72. The number of benzene rings is 1. The van der Waals surface area contributed by atoms with E-state index in [1.165, 1.54) is 16.4 Å². The molecular weight excluding hydrogens is 303 g/mol. The van der Waals surface area contributed by atoms with Crippen LogP contribution in [0.15, 0.2) is 47.6 Å². The van der Waals surface area contributed by atoms with Crippen LogP contribution in [-0.4, -0.2) is 23.7 Å². The van der Waals surface area contributed by atoms with Gasteiger partial charge in [0, 0.05) is 25.0 Å². The second-order valence-corrected chi connectivity index (χ2v) is 7.41. The Hall–Kier alpha value is -1.79. The molecular formula is C16H17FN2O2S. The number of pyridine rings is 1.